The summed E-state index contributed by atoms with van der Waals surface area (Å²) in [5.74, 6) is 0.512. The van der Waals surface area contributed by atoms with E-state index in [1.807, 2.05) is 0 Å². The summed E-state index contributed by atoms with van der Waals surface area (Å²) in [5.41, 5.74) is 3.45. The van der Waals surface area contributed by atoms with Gasteiger partial charge in [0, 0.05) is 5.92 Å². The molecule has 2 aromatic heterocycles. The Labute approximate surface area is 119 Å². The van der Waals surface area contributed by atoms with E-state index in [2.05, 4.69) is 43.2 Å². The highest BCUT2D eigenvalue weighted by Gasteiger charge is 2.23. The van der Waals surface area contributed by atoms with E-state index in [1.54, 1.807) is 11.0 Å². The van der Waals surface area contributed by atoms with Crippen LogP contribution in [0.4, 0.5) is 10.3 Å². The van der Waals surface area contributed by atoms with Gasteiger partial charge in [-0.3, -0.25) is 0 Å². The monoisotopic (exact) mass is 294 g/mol. The van der Waals surface area contributed by atoms with Gasteiger partial charge in [-0.2, -0.15) is 0 Å². The standard InChI is InChI=1S/C11H14N6S2/c1-2-4-8(5-3-1)9(14-10-16-12-6-18-10)15-11-17-13-7-19-11/h1-2,6-9H,3-5H2,(H,14,16)(H,15,17). The maximum atomic E-state index is 4.05. The maximum absolute atomic E-state index is 4.05. The van der Waals surface area contributed by atoms with Crippen LogP contribution in [0.25, 0.3) is 0 Å². The second-order valence-corrected chi connectivity index (χ2v) is 5.97. The lowest BCUT2D eigenvalue weighted by molar-refractivity contribution is 0.434. The van der Waals surface area contributed by atoms with Crippen molar-refractivity contribution in [1.29, 1.82) is 0 Å². The number of nitrogens with zero attached hydrogens (tertiary/aromatic N) is 4. The number of allylic oxidation sites excluding steroid dienone is 2. The van der Waals surface area contributed by atoms with Gasteiger partial charge in [-0.15, -0.1) is 20.4 Å². The van der Waals surface area contributed by atoms with Crippen LogP contribution in [-0.4, -0.2) is 26.6 Å². The summed E-state index contributed by atoms with van der Waals surface area (Å²) >= 11 is 3.01. The molecule has 1 atom stereocenters. The van der Waals surface area contributed by atoms with Crippen molar-refractivity contribution >= 4 is 32.9 Å². The van der Waals surface area contributed by atoms with Crippen LogP contribution in [0.1, 0.15) is 19.3 Å². The van der Waals surface area contributed by atoms with Crippen LogP contribution in [0.2, 0.25) is 0 Å². The van der Waals surface area contributed by atoms with E-state index in [0.29, 0.717) is 5.92 Å². The molecule has 0 spiro atoms. The molecule has 0 saturated carbocycles. The zero-order chi connectivity index (χ0) is 12.9. The highest BCUT2D eigenvalue weighted by Crippen LogP contribution is 2.26. The average molecular weight is 294 g/mol. The fourth-order valence-corrected chi connectivity index (χ4v) is 3.10. The van der Waals surface area contributed by atoms with Crippen molar-refractivity contribution in [3.05, 3.63) is 23.2 Å². The van der Waals surface area contributed by atoms with Crippen molar-refractivity contribution in [2.45, 2.75) is 25.4 Å². The van der Waals surface area contributed by atoms with Crippen molar-refractivity contribution < 1.29 is 0 Å². The van der Waals surface area contributed by atoms with Gasteiger partial charge in [0.1, 0.15) is 17.2 Å². The van der Waals surface area contributed by atoms with Gasteiger partial charge < -0.3 is 10.6 Å². The van der Waals surface area contributed by atoms with Gasteiger partial charge in [0.25, 0.3) is 0 Å². The summed E-state index contributed by atoms with van der Waals surface area (Å²) < 4.78 is 0. The van der Waals surface area contributed by atoms with Crippen molar-refractivity contribution in [1.82, 2.24) is 20.4 Å². The summed E-state index contributed by atoms with van der Waals surface area (Å²) in [6.45, 7) is 0. The van der Waals surface area contributed by atoms with E-state index in [0.717, 1.165) is 29.5 Å². The predicted molar refractivity (Wildman–Crippen MR) is 77.3 cm³/mol. The molecule has 8 heteroatoms. The molecule has 0 aliphatic heterocycles. The summed E-state index contributed by atoms with van der Waals surface area (Å²) in [6, 6.07) is 0. The van der Waals surface area contributed by atoms with Gasteiger partial charge in [-0.25, -0.2) is 0 Å². The van der Waals surface area contributed by atoms with E-state index >= 15 is 0 Å². The molecule has 3 rings (SSSR count). The Hall–Kier alpha value is -1.54. The first-order valence-electron chi connectivity index (χ1n) is 6.12. The molecule has 0 fully saturated rings. The predicted octanol–water partition coefficient (Wildman–Crippen LogP) is 2.60. The van der Waals surface area contributed by atoms with Crippen molar-refractivity contribution in [3.63, 3.8) is 0 Å². The van der Waals surface area contributed by atoms with Crippen molar-refractivity contribution in [2.75, 3.05) is 10.6 Å². The fraction of sp³-hybridized carbons (Fsp3) is 0.455. The highest BCUT2D eigenvalue weighted by atomic mass is 32.1. The van der Waals surface area contributed by atoms with Crippen LogP contribution in [-0.2, 0) is 0 Å². The summed E-state index contributed by atoms with van der Waals surface area (Å²) in [4.78, 5) is 0. The zero-order valence-electron chi connectivity index (χ0n) is 10.2. The molecule has 0 radical (unpaired) electrons. The van der Waals surface area contributed by atoms with E-state index in [4.69, 9.17) is 0 Å². The maximum Gasteiger partial charge on any atom is 0.207 e. The quantitative estimate of drug-likeness (QED) is 0.652. The number of hydrogen-bond acceptors (Lipinski definition) is 8. The molecule has 6 nitrogen and oxygen atoms in total. The molecule has 2 aromatic rings. The number of rotatable bonds is 5. The van der Waals surface area contributed by atoms with E-state index in [9.17, 15) is 0 Å². The van der Waals surface area contributed by atoms with Gasteiger partial charge in [0.05, 0.1) is 0 Å². The lowest BCUT2D eigenvalue weighted by Crippen LogP contribution is -2.37. The molecule has 0 amide bonds. The second-order valence-electron chi connectivity index (χ2n) is 4.30. The SMILES string of the molecule is C1=CCC(C(Nc2nncs2)Nc2nncs2)CC1. The molecule has 1 aliphatic carbocycles. The van der Waals surface area contributed by atoms with Crippen molar-refractivity contribution in [3.8, 4) is 0 Å². The normalized spacial score (nSPS) is 18.7. The minimum absolute atomic E-state index is 0.103. The van der Waals surface area contributed by atoms with Crippen LogP contribution in [0.15, 0.2) is 23.2 Å². The third kappa shape index (κ3) is 3.27. The largest absolute Gasteiger partial charge is 0.340 e. The second kappa shape index (κ2) is 6.07. The Morgan fingerprint density at radius 3 is 2.21 bits per heavy atom. The molecule has 1 aliphatic rings. The first-order valence-corrected chi connectivity index (χ1v) is 7.88. The van der Waals surface area contributed by atoms with E-state index in [-0.39, 0.29) is 6.17 Å². The molecule has 0 saturated heterocycles. The van der Waals surface area contributed by atoms with Crippen LogP contribution < -0.4 is 10.6 Å². The van der Waals surface area contributed by atoms with Crippen LogP contribution in [0.3, 0.4) is 0 Å². The lowest BCUT2D eigenvalue weighted by Gasteiger charge is -2.29. The number of nitrogens with one attached hydrogen (secondary N) is 2. The minimum atomic E-state index is 0.103. The Morgan fingerprint density at radius 2 is 1.74 bits per heavy atom. The summed E-state index contributed by atoms with van der Waals surface area (Å²) in [5, 5.41) is 24.3. The Balaban J connectivity index is 1.72. The molecular formula is C11H14N6S2. The first kappa shape index (κ1) is 12.5. The Morgan fingerprint density at radius 1 is 1.05 bits per heavy atom. The van der Waals surface area contributed by atoms with Gasteiger partial charge in [0.2, 0.25) is 10.3 Å². The summed E-state index contributed by atoms with van der Waals surface area (Å²) in [7, 11) is 0. The summed E-state index contributed by atoms with van der Waals surface area (Å²) in [6.07, 6.45) is 7.91. The van der Waals surface area contributed by atoms with Crippen LogP contribution in [0.5, 0.6) is 0 Å². The number of aromatic nitrogens is 4. The van der Waals surface area contributed by atoms with Crippen LogP contribution >= 0.6 is 22.7 Å². The molecule has 19 heavy (non-hydrogen) atoms. The molecule has 0 aromatic carbocycles. The van der Waals surface area contributed by atoms with E-state index < -0.39 is 0 Å². The number of anilines is 2. The van der Waals surface area contributed by atoms with Crippen molar-refractivity contribution in [2.24, 2.45) is 5.92 Å². The smallest absolute Gasteiger partial charge is 0.207 e. The molecular weight excluding hydrogens is 280 g/mol. The molecule has 0 bridgehead atoms. The third-order valence-electron chi connectivity index (χ3n) is 3.06. The fourth-order valence-electron chi connectivity index (χ4n) is 2.13. The van der Waals surface area contributed by atoms with Crippen LogP contribution in [0, 0.1) is 5.92 Å². The van der Waals surface area contributed by atoms with E-state index in [1.165, 1.54) is 22.7 Å². The minimum Gasteiger partial charge on any atom is -0.340 e. The Kier molecular flexibility index (Phi) is 3.99. The zero-order valence-corrected chi connectivity index (χ0v) is 11.8. The molecule has 2 N–H and O–H groups in total. The molecule has 100 valence electrons. The molecule has 1 unspecified atom stereocenters. The van der Waals surface area contributed by atoms with Gasteiger partial charge in [0.15, 0.2) is 0 Å². The highest BCUT2D eigenvalue weighted by molar-refractivity contribution is 7.13. The molecule has 2 heterocycles. The number of hydrogen-bond donors (Lipinski definition) is 2. The lowest BCUT2D eigenvalue weighted by atomic mass is 9.91. The topological polar surface area (TPSA) is 75.6 Å². The van der Waals surface area contributed by atoms with Gasteiger partial charge in [-0.05, 0) is 19.3 Å². The average Bonchev–Trinajstić information content (AvgIpc) is 3.12. The first-order chi connectivity index (χ1) is 9.42. The Bertz CT molecular complexity index is 473. The third-order valence-corrected chi connectivity index (χ3v) is 4.30. The van der Waals surface area contributed by atoms with Gasteiger partial charge in [-0.1, -0.05) is 34.8 Å². The van der Waals surface area contributed by atoms with Gasteiger partial charge >= 0.3 is 0 Å².